The SMILES string of the molecule is CC(C(=O)O)c1cc(-c2ccccc2C(F)(F)F)n[nH]1. The van der Waals surface area contributed by atoms with Gasteiger partial charge in [0.25, 0.3) is 0 Å². The number of nitrogens with zero attached hydrogens (tertiary/aromatic N) is 1. The van der Waals surface area contributed by atoms with E-state index in [1.54, 1.807) is 0 Å². The number of rotatable bonds is 3. The summed E-state index contributed by atoms with van der Waals surface area (Å²) in [5, 5.41) is 15.1. The predicted molar refractivity (Wildman–Crippen MR) is 65.1 cm³/mol. The van der Waals surface area contributed by atoms with Crippen molar-refractivity contribution in [1.82, 2.24) is 10.2 Å². The monoisotopic (exact) mass is 284 g/mol. The molecule has 0 saturated carbocycles. The Morgan fingerprint density at radius 2 is 2.00 bits per heavy atom. The van der Waals surface area contributed by atoms with E-state index in [1.807, 2.05) is 0 Å². The Labute approximate surface area is 112 Å². The zero-order chi connectivity index (χ0) is 14.9. The van der Waals surface area contributed by atoms with Crippen LogP contribution in [-0.4, -0.2) is 21.3 Å². The number of nitrogens with one attached hydrogen (secondary N) is 1. The van der Waals surface area contributed by atoms with Crippen LogP contribution in [0.4, 0.5) is 13.2 Å². The van der Waals surface area contributed by atoms with Crippen LogP contribution in [0.5, 0.6) is 0 Å². The fraction of sp³-hybridized carbons (Fsp3) is 0.231. The van der Waals surface area contributed by atoms with Crippen molar-refractivity contribution >= 4 is 5.97 Å². The van der Waals surface area contributed by atoms with Gasteiger partial charge in [-0.3, -0.25) is 9.89 Å². The number of benzene rings is 1. The molecule has 1 aromatic carbocycles. The summed E-state index contributed by atoms with van der Waals surface area (Å²) in [6.07, 6.45) is -4.49. The quantitative estimate of drug-likeness (QED) is 0.909. The molecule has 4 nitrogen and oxygen atoms in total. The molecule has 0 aliphatic carbocycles. The number of hydrogen-bond donors (Lipinski definition) is 2. The van der Waals surface area contributed by atoms with Crippen molar-refractivity contribution in [2.75, 3.05) is 0 Å². The maximum Gasteiger partial charge on any atom is 0.417 e. The Morgan fingerprint density at radius 1 is 1.35 bits per heavy atom. The van der Waals surface area contributed by atoms with Gasteiger partial charge < -0.3 is 5.11 Å². The molecule has 0 bridgehead atoms. The number of aromatic nitrogens is 2. The van der Waals surface area contributed by atoms with E-state index in [4.69, 9.17) is 5.11 Å². The summed E-state index contributed by atoms with van der Waals surface area (Å²) in [6.45, 7) is 1.43. The van der Waals surface area contributed by atoms with E-state index in [9.17, 15) is 18.0 Å². The van der Waals surface area contributed by atoms with Gasteiger partial charge in [-0.2, -0.15) is 18.3 Å². The van der Waals surface area contributed by atoms with Crippen molar-refractivity contribution in [1.29, 1.82) is 0 Å². The Kier molecular flexibility index (Phi) is 3.52. The Bertz CT molecular complexity index is 635. The lowest BCUT2D eigenvalue weighted by Gasteiger charge is -2.10. The number of aromatic amines is 1. The lowest BCUT2D eigenvalue weighted by atomic mass is 10.0. The van der Waals surface area contributed by atoms with Crippen LogP contribution in [0.25, 0.3) is 11.3 Å². The second-order valence-electron chi connectivity index (χ2n) is 4.31. The molecule has 20 heavy (non-hydrogen) atoms. The van der Waals surface area contributed by atoms with Gasteiger partial charge in [-0.05, 0) is 19.1 Å². The summed E-state index contributed by atoms with van der Waals surface area (Å²) in [5.41, 5.74) is -0.563. The third-order valence-electron chi connectivity index (χ3n) is 2.94. The minimum Gasteiger partial charge on any atom is -0.481 e. The standard InChI is InChI=1S/C13H11F3N2O2/c1-7(12(19)20)10-6-11(18-17-10)8-4-2-3-5-9(8)13(14,15)16/h2-7H,1H3,(H,17,18)(H,19,20). The number of H-pyrrole nitrogens is 1. The Hall–Kier alpha value is -2.31. The van der Waals surface area contributed by atoms with Crippen molar-refractivity contribution in [2.45, 2.75) is 19.0 Å². The second-order valence-corrected chi connectivity index (χ2v) is 4.31. The number of carboxylic acid groups (broad SMARTS) is 1. The van der Waals surface area contributed by atoms with E-state index in [2.05, 4.69) is 10.2 Å². The first-order chi connectivity index (χ1) is 9.30. The molecule has 1 unspecified atom stereocenters. The van der Waals surface area contributed by atoms with Gasteiger partial charge in [-0.15, -0.1) is 0 Å². The highest BCUT2D eigenvalue weighted by molar-refractivity contribution is 5.76. The van der Waals surface area contributed by atoms with E-state index in [0.717, 1.165) is 6.07 Å². The fourth-order valence-corrected chi connectivity index (χ4v) is 1.78. The number of alkyl halides is 3. The highest BCUT2D eigenvalue weighted by Gasteiger charge is 2.34. The largest absolute Gasteiger partial charge is 0.481 e. The number of carbonyl (C=O) groups is 1. The van der Waals surface area contributed by atoms with Crippen LogP contribution in [0.15, 0.2) is 30.3 Å². The van der Waals surface area contributed by atoms with Gasteiger partial charge in [0.15, 0.2) is 0 Å². The van der Waals surface area contributed by atoms with Crippen LogP contribution in [0.1, 0.15) is 24.1 Å². The van der Waals surface area contributed by atoms with Crippen molar-refractivity contribution in [3.63, 3.8) is 0 Å². The first kappa shape index (κ1) is 14.1. The number of halogens is 3. The molecule has 106 valence electrons. The molecule has 7 heteroatoms. The minimum absolute atomic E-state index is 0.0704. The Balaban J connectivity index is 2.46. The summed E-state index contributed by atoms with van der Waals surface area (Å²) in [6, 6.07) is 6.35. The van der Waals surface area contributed by atoms with Gasteiger partial charge in [0.2, 0.25) is 0 Å². The normalized spacial score (nSPS) is 13.2. The number of carboxylic acids is 1. The molecule has 0 fully saturated rings. The molecular weight excluding hydrogens is 273 g/mol. The summed E-state index contributed by atoms with van der Waals surface area (Å²) in [4.78, 5) is 10.8. The molecular formula is C13H11F3N2O2. The highest BCUT2D eigenvalue weighted by Crippen LogP contribution is 2.36. The molecule has 0 aliphatic rings. The summed E-state index contributed by atoms with van der Waals surface area (Å²) in [7, 11) is 0. The van der Waals surface area contributed by atoms with Crippen molar-refractivity contribution in [3.05, 3.63) is 41.6 Å². The lowest BCUT2D eigenvalue weighted by molar-refractivity contribution is -0.138. The first-order valence-corrected chi connectivity index (χ1v) is 5.75. The molecule has 2 aromatic rings. The third kappa shape index (κ3) is 2.66. The topological polar surface area (TPSA) is 66.0 Å². The van der Waals surface area contributed by atoms with Crippen LogP contribution in [-0.2, 0) is 11.0 Å². The highest BCUT2D eigenvalue weighted by atomic mass is 19.4. The molecule has 0 spiro atoms. The van der Waals surface area contributed by atoms with Crippen LogP contribution in [0.2, 0.25) is 0 Å². The van der Waals surface area contributed by atoms with Crippen LogP contribution < -0.4 is 0 Å². The van der Waals surface area contributed by atoms with Gasteiger partial charge in [0.1, 0.15) is 0 Å². The van der Waals surface area contributed by atoms with E-state index in [-0.39, 0.29) is 17.0 Å². The maximum absolute atomic E-state index is 12.9. The van der Waals surface area contributed by atoms with Gasteiger partial charge in [-0.25, -0.2) is 0 Å². The van der Waals surface area contributed by atoms with E-state index >= 15 is 0 Å². The van der Waals surface area contributed by atoms with Crippen LogP contribution in [0.3, 0.4) is 0 Å². The lowest BCUT2D eigenvalue weighted by Crippen LogP contribution is -2.07. The van der Waals surface area contributed by atoms with Gasteiger partial charge in [0.05, 0.1) is 17.2 Å². The Morgan fingerprint density at radius 3 is 2.60 bits per heavy atom. The van der Waals surface area contributed by atoms with Crippen molar-refractivity contribution in [3.8, 4) is 11.3 Å². The van der Waals surface area contributed by atoms with Gasteiger partial charge in [0, 0.05) is 11.3 Å². The molecule has 0 aliphatic heterocycles. The van der Waals surface area contributed by atoms with Gasteiger partial charge in [-0.1, -0.05) is 18.2 Å². The first-order valence-electron chi connectivity index (χ1n) is 5.75. The molecule has 2 rings (SSSR count). The van der Waals surface area contributed by atoms with Crippen molar-refractivity contribution < 1.29 is 23.1 Å². The van der Waals surface area contributed by atoms with E-state index in [0.29, 0.717) is 0 Å². The molecule has 1 atom stereocenters. The van der Waals surface area contributed by atoms with Crippen LogP contribution in [0, 0.1) is 0 Å². The molecule has 0 radical (unpaired) electrons. The molecule has 1 aromatic heterocycles. The molecule has 1 heterocycles. The van der Waals surface area contributed by atoms with Gasteiger partial charge >= 0.3 is 12.1 Å². The second kappa shape index (κ2) is 4.99. The average molecular weight is 284 g/mol. The van der Waals surface area contributed by atoms with E-state index in [1.165, 1.54) is 31.2 Å². The minimum atomic E-state index is -4.49. The zero-order valence-corrected chi connectivity index (χ0v) is 10.4. The molecule has 0 saturated heterocycles. The smallest absolute Gasteiger partial charge is 0.417 e. The summed E-state index contributed by atoms with van der Waals surface area (Å²) < 4.78 is 38.7. The predicted octanol–water partition coefficient (Wildman–Crippen LogP) is 3.28. The third-order valence-corrected chi connectivity index (χ3v) is 2.94. The average Bonchev–Trinajstić information content (AvgIpc) is 2.86. The number of aliphatic carboxylic acids is 1. The molecule has 2 N–H and O–H groups in total. The van der Waals surface area contributed by atoms with Crippen LogP contribution >= 0.6 is 0 Å². The maximum atomic E-state index is 12.9. The fourth-order valence-electron chi connectivity index (χ4n) is 1.78. The van der Waals surface area contributed by atoms with E-state index < -0.39 is 23.6 Å². The summed E-state index contributed by atoms with van der Waals surface area (Å²) >= 11 is 0. The zero-order valence-electron chi connectivity index (χ0n) is 10.4. The molecule has 0 amide bonds. The van der Waals surface area contributed by atoms with Crippen molar-refractivity contribution in [2.24, 2.45) is 0 Å². The number of hydrogen-bond acceptors (Lipinski definition) is 2. The summed E-state index contributed by atoms with van der Waals surface area (Å²) in [5.74, 6) is -1.95.